The summed E-state index contributed by atoms with van der Waals surface area (Å²) in [5.41, 5.74) is 3.42. The fourth-order valence-electron chi connectivity index (χ4n) is 2.98. The minimum atomic E-state index is -0.0160. The van der Waals surface area contributed by atoms with Crippen molar-refractivity contribution in [1.29, 1.82) is 0 Å². The molecule has 3 rings (SSSR count). The first kappa shape index (κ1) is 19.4. The second kappa shape index (κ2) is 9.53. The third kappa shape index (κ3) is 5.55. The maximum Gasteiger partial charge on any atom is 0.249 e. The van der Waals surface area contributed by atoms with Crippen LogP contribution in [-0.2, 0) is 29.2 Å². The van der Waals surface area contributed by atoms with E-state index in [-0.39, 0.29) is 12.5 Å². The molecule has 0 radical (unpaired) electrons. The SMILES string of the molecule is COCC(=O)N(Cc1ccccc1)Cc1cccn1Cc1ccc(Br)cc1. The standard InChI is InChI=1S/C22H23BrN2O2/c1-27-17-22(26)25(15-18-6-3-2-4-7-18)16-21-8-5-13-24(21)14-19-9-11-20(23)12-10-19/h2-13H,14-17H2,1H3. The third-order valence-corrected chi connectivity index (χ3v) is 4.91. The van der Waals surface area contributed by atoms with Gasteiger partial charge in [0, 0.05) is 36.6 Å². The summed E-state index contributed by atoms with van der Waals surface area (Å²) >= 11 is 3.47. The lowest BCUT2D eigenvalue weighted by Crippen LogP contribution is -2.33. The highest BCUT2D eigenvalue weighted by atomic mass is 79.9. The predicted octanol–water partition coefficient (Wildman–Crippen LogP) is 4.47. The van der Waals surface area contributed by atoms with Gasteiger partial charge in [-0.1, -0.05) is 58.4 Å². The van der Waals surface area contributed by atoms with E-state index in [4.69, 9.17) is 4.74 Å². The first-order chi connectivity index (χ1) is 13.2. The summed E-state index contributed by atoms with van der Waals surface area (Å²) in [6, 6.07) is 22.4. The minimum absolute atomic E-state index is 0.0160. The number of hydrogen-bond acceptors (Lipinski definition) is 2. The maximum absolute atomic E-state index is 12.6. The third-order valence-electron chi connectivity index (χ3n) is 4.38. The van der Waals surface area contributed by atoms with Crippen LogP contribution in [0.2, 0.25) is 0 Å². The largest absolute Gasteiger partial charge is 0.375 e. The van der Waals surface area contributed by atoms with Gasteiger partial charge in [-0.3, -0.25) is 4.79 Å². The zero-order chi connectivity index (χ0) is 19.1. The van der Waals surface area contributed by atoms with E-state index in [0.717, 1.165) is 22.3 Å². The summed E-state index contributed by atoms with van der Waals surface area (Å²) in [5, 5.41) is 0. The van der Waals surface area contributed by atoms with Crippen molar-refractivity contribution in [2.24, 2.45) is 0 Å². The molecule has 1 amide bonds. The van der Waals surface area contributed by atoms with Gasteiger partial charge in [-0.25, -0.2) is 0 Å². The van der Waals surface area contributed by atoms with Crippen molar-refractivity contribution in [2.75, 3.05) is 13.7 Å². The summed E-state index contributed by atoms with van der Waals surface area (Å²) < 4.78 is 8.33. The van der Waals surface area contributed by atoms with Crippen molar-refractivity contribution < 1.29 is 9.53 Å². The lowest BCUT2D eigenvalue weighted by Gasteiger charge is -2.23. The molecule has 5 heteroatoms. The van der Waals surface area contributed by atoms with Crippen LogP contribution in [0, 0.1) is 0 Å². The number of benzene rings is 2. The number of rotatable bonds is 8. The van der Waals surface area contributed by atoms with Gasteiger partial charge in [0.15, 0.2) is 0 Å². The van der Waals surface area contributed by atoms with Crippen LogP contribution >= 0.6 is 15.9 Å². The number of nitrogens with zero attached hydrogens (tertiary/aromatic N) is 2. The number of amides is 1. The van der Waals surface area contributed by atoms with Crippen molar-refractivity contribution in [3.05, 3.63) is 94.2 Å². The molecule has 0 saturated heterocycles. The molecule has 0 unspecified atom stereocenters. The van der Waals surface area contributed by atoms with Crippen LogP contribution in [0.1, 0.15) is 16.8 Å². The molecule has 27 heavy (non-hydrogen) atoms. The van der Waals surface area contributed by atoms with Crippen LogP contribution in [0.25, 0.3) is 0 Å². The zero-order valence-corrected chi connectivity index (χ0v) is 16.9. The Hall–Kier alpha value is -2.37. The van der Waals surface area contributed by atoms with Crippen LogP contribution in [0.4, 0.5) is 0 Å². The van der Waals surface area contributed by atoms with Crippen LogP contribution in [0.5, 0.6) is 0 Å². The van der Waals surface area contributed by atoms with E-state index >= 15 is 0 Å². The van der Waals surface area contributed by atoms with E-state index in [1.165, 1.54) is 5.56 Å². The molecule has 0 N–H and O–H groups in total. The average molecular weight is 427 g/mol. The summed E-state index contributed by atoms with van der Waals surface area (Å²) in [6.45, 7) is 1.96. The lowest BCUT2D eigenvalue weighted by molar-refractivity contribution is -0.136. The average Bonchev–Trinajstić information content (AvgIpc) is 3.11. The molecule has 1 aromatic heterocycles. The number of carbonyl (C=O) groups is 1. The van der Waals surface area contributed by atoms with Crippen molar-refractivity contribution in [1.82, 2.24) is 9.47 Å². The van der Waals surface area contributed by atoms with Gasteiger partial charge >= 0.3 is 0 Å². The molecule has 0 spiro atoms. The van der Waals surface area contributed by atoms with E-state index in [0.29, 0.717) is 13.1 Å². The molecule has 0 bridgehead atoms. The van der Waals surface area contributed by atoms with Gasteiger partial charge in [-0.2, -0.15) is 0 Å². The highest BCUT2D eigenvalue weighted by molar-refractivity contribution is 9.10. The monoisotopic (exact) mass is 426 g/mol. The summed E-state index contributed by atoms with van der Waals surface area (Å²) in [6.07, 6.45) is 2.05. The molecule has 0 saturated carbocycles. The first-order valence-corrected chi connectivity index (χ1v) is 9.64. The van der Waals surface area contributed by atoms with E-state index < -0.39 is 0 Å². The Morgan fingerprint density at radius 2 is 1.70 bits per heavy atom. The number of hydrogen-bond donors (Lipinski definition) is 0. The molecule has 2 aromatic carbocycles. The van der Waals surface area contributed by atoms with Crippen LogP contribution in [-0.4, -0.2) is 29.1 Å². The number of methoxy groups -OCH3 is 1. The topological polar surface area (TPSA) is 34.5 Å². The summed E-state index contributed by atoms with van der Waals surface area (Å²) in [4.78, 5) is 14.4. The van der Waals surface area contributed by atoms with E-state index in [1.54, 1.807) is 7.11 Å². The molecular formula is C22H23BrN2O2. The minimum Gasteiger partial charge on any atom is -0.375 e. The molecule has 0 aliphatic rings. The molecule has 0 aliphatic carbocycles. The van der Waals surface area contributed by atoms with Crippen molar-refractivity contribution >= 4 is 21.8 Å². The van der Waals surface area contributed by atoms with Crippen molar-refractivity contribution in [2.45, 2.75) is 19.6 Å². The Balaban J connectivity index is 1.76. The van der Waals surface area contributed by atoms with Gasteiger partial charge in [0.25, 0.3) is 0 Å². The highest BCUT2D eigenvalue weighted by Gasteiger charge is 2.16. The molecule has 4 nitrogen and oxygen atoms in total. The Morgan fingerprint density at radius 1 is 0.963 bits per heavy atom. The number of ether oxygens (including phenoxy) is 1. The summed E-state index contributed by atoms with van der Waals surface area (Å²) in [5.74, 6) is -0.0160. The quantitative estimate of drug-likeness (QED) is 0.532. The Labute approximate surface area is 168 Å². The number of aromatic nitrogens is 1. The Bertz CT molecular complexity index is 860. The molecule has 140 valence electrons. The van der Waals surface area contributed by atoms with Gasteiger partial charge in [-0.05, 0) is 35.4 Å². The molecule has 3 aromatic rings. The fraction of sp³-hybridized carbons (Fsp3) is 0.227. The van der Waals surface area contributed by atoms with Gasteiger partial charge < -0.3 is 14.2 Å². The second-order valence-electron chi connectivity index (χ2n) is 6.42. The van der Waals surface area contributed by atoms with E-state index in [1.807, 2.05) is 53.4 Å². The van der Waals surface area contributed by atoms with Crippen LogP contribution in [0.15, 0.2) is 77.4 Å². The Kier molecular flexibility index (Phi) is 6.85. The lowest BCUT2D eigenvalue weighted by atomic mass is 10.2. The predicted molar refractivity (Wildman–Crippen MR) is 110 cm³/mol. The van der Waals surface area contributed by atoms with Gasteiger partial charge in [0.2, 0.25) is 5.91 Å². The van der Waals surface area contributed by atoms with Gasteiger partial charge in [-0.15, -0.1) is 0 Å². The van der Waals surface area contributed by atoms with Crippen molar-refractivity contribution in [3.8, 4) is 0 Å². The fourth-order valence-corrected chi connectivity index (χ4v) is 3.24. The zero-order valence-electron chi connectivity index (χ0n) is 15.3. The molecule has 0 atom stereocenters. The molecule has 1 heterocycles. The second-order valence-corrected chi connectivity index (χ2v) is 7.34. The molecule has 0 fully saturated rings. The number of halogens is 1. The normalized spacial score (nSPS) is 10.7. The molecule has 0 aliphatic heterocycles. The van der Waals surface area contributed by atoms with Crippen molar-refractivity contribution in [3.63, 3.8) is 0 Å². The smallest absolute Gasteiger partial charge is 0.249 e. The molecular weight excluding hydrogens is 404 g/mol. The first-order valence-electron chi connectivity index (χ1n) is 8.85. The maximum atomic E-state index is 12.6. The summed E-state index contributed by atoms with van der Waals surface area (Å²) in [7, 11) is 1.55. The van der Waals surface area contributed by atoms with Crippen LogP contribution in [0.3, 0.4) is 0 Å². The highest BCUT2D eigenvalue weighted by Crippen LogP contribution is 2.15. The van der Waals surface area contributed by atoms with E-state index in [2.05, 4.69) is 44.9 Å². The van der Waals surface area contributed by atoms with Gasteiger partial charge in [0.1, 0.15) is 6.61 Å². The Morgan fingerprint density at radius 3 is 2.41 bits per heavy atom. The van der Waals surface area contributed by atoms with E-state index in [9.17, 15) is 4.79 Å². The van der Waals surface area contributed by atoms with Gasteiger partial charge in [0.05, 0.1) is 6.54 Å². The number of carbonyl (C=O) groups excluding carboxylic acids is 1. The van der Waals surface area contributed by atoms with Crippen LogP contribution < -0.4 is 0 Å².